The number of aliphatic carboxylic acids is 1. The van der Waals surface area contributed by atoms with Crippen LogP contribution in [0.5, 0.6) is 5.75 Å². The summed E-state index contributed by atoms with van der Waals surface area (Å²) in [6.07, 6.45) is 2.63. The fourth-order valence-electron chi connectivity index (χ4n) is 2.47. The lowest BCUT2D eigenvalue weighted by Crippen LogP contribution is -2.39. The van der Waals surface area contributed by atoms with E-state index in [1.165, 1.54) is 0 Å². The number of carboxylic acids is 1. The summed E-state index contributed by atoms with van der Waals surface area (Å²) in [7, 11) is 0. The summed E-state index contributed by atoms with van der Waals surface area (Å²) in [5, 5.41) is 9.28. The van der Waals surface area contributed by atoms with E-state index < -0.39 is 11.9 Å². The summed E-state index contributed by atoms with van der Waals surface area (Å²) >= 11 is 3.41. The van der Waals surface area contributed by atoms with Crippen molar-refractivity contribution in [3.05, 3.63) is 28.2 Å². The first kappa shape index (κ1) is 11.1. The maximum atomic E-state index is 11.3. The molecule has 1 fully saturated rings. The lowest BCUT2D eigenvalue weighted by molar-refractivity contribution is -0.146. The third-order valence-electron chi connectivity index (χ3n) is 3.53. The summed E-state index contributed by atoms with van der Waals surface area (Å²) in [5.74, 6) is 0.142. The second kappa shape index (κ2) is 4.02. The zero-order chi connectivity index (χ0) is 12.0. The predicted octanol–water partition coefficient (Wildman–Crippen LogP) is 2.86. The van der Waals surface area contributed by atoms with Crippen molar-refractivity contribution in [2.24, 2.45) is 11.8 Å². The molecule has 3 rings (SSSR count). The maximum Gasteiger partial charge on any atom is 0.310 e. The average molecular weight is 297 g/mol. The van der Waals surface area contributed by atoms with Crippen LogP contribution in [0.1, 0.15) is 18.4 Å². The number of fused-ring (bicyclic) bond motifs is 1. The SMILES string of the molecule is O=C(O)C1Cc2ccc(Br)cc2OC1C1CC1. The van der Waals surface area contributed by atoms with E-state index in [2.05, 4.69) is 15.9 Å². The summed E-state index contributed by atoms with van der Waals surface area (Å²) in [6, 6.07) is 5.81. The van der Waals surface area contributed by atoms with Gasteiger partial charge in [0.2, 0.25) is 0 Å². The Hall–Kier alpha value is -1.03. The van der Waals surface area contributed by atoms with Crippen LogP contribution < -0.4 is 4.74 Å². The summed E-state index contributed by atoms with van der Waals surface area (Å²) in [5.41, 5.74) is 0.998. The van der Waals surface area contributed by atoms with Gasteiger partial charge in [0.25, 0.3) is 0 Å². The molecule has 90 valence electrons. The molecule has 0 spiro atoms. The highest BCUT2D eigenvalue weighted by molar-refractivity contribution is 9.10. The van der Waals surface area contributed by atoms with Gasteiger partial charge in [0.05, 0.1) is 5.92 Å². The molecule has 1 saturated carbocycles. The number of hydrogen-bond acceptors (Lipinski definition) is 2. The van der Waals surface area contributed by atoms with Gasteiger partial charge < -0.3 is 9.84 Å². The monoisotopic (exact) mass is 296 g/mol. The molecule has 1 aromatic rings. The average Bonchev–Trinajstić information content (AvgIpc) is 3.10. The molecule has 17 heavy (non-hydrogen) atoms. The molecule has 1 aliphatic carbocycles. The first-order chi connectivity index (χ1) is 8.15. The molecule has 0 aromatic heterocycles. The van der Waals surface area contributed by atoms with Gasteiger partial charge in [-0.25, -0.2) is 0 Å². The molecule has 1 aromatic carbocycles. The van der Waals surface area contributed by atoms with Gasteiger partial charge in [0, 0.05) is 4.47 Å². The van der Waals surface area contributed by atoms with Crippen LogP contribution in [0.2, 0.25) is 0 Å². The Kier molecular flexibility index (Phi) is 2.62. The second-order valence-electron chi connectivity index (χ2n) is 4.82. The van der Waals surface area contributed by atoms with Crippen LogP contribution in [-0.2, 0) is 11.2 Å². The van der Waals surface area contributed by atoms with E-state index >= 15 is 0 Å². The van der Waals surface area contributed by atoms with Crippen molar-refractivity contribution >= 4 is 21.9 Å². The Morgan fingerprint density at radius 2 is 2.18 bits per heavy atom. The Morgan fingerprint density at radius 1 is 1.41 bits per heavy atom. The van der Waals surface area contributed by atoms with E-state index in [0.717, 1.165) is 28.6 Å². The molecule has 1 heterocycles. The number of carboxylic acid groups (broad SMARTS) is 1. The fraction of sp³-hybridized carbons (Fsp3) is 0.462. The highest BCUT2D eigenvalue weighted by Gasteiger charge is 2.44. The third kappa shape index (κ3) is 2.06. The van der Waals surface area contributed by atoms with E-state index in [-0.39, 0.29) is 6.10 Å². The van der Waals surface area contributed by atoms with Crippen LogP contribution in [0.3, 0.4) is 0 Å². The Labute approximate surface area is 108 Å². The first-order valence-electron chi connectivity index (χ1n) is 5.83. The zero-order valence-corrected chi connectivity index (χ0v) is 10.8. The highest BCUT2D eigenvalue weighted by atomic mass is 79.9. The van der Waals surface area contributed by atoms with Gasteiger partial charge in [-0.1, -0.05) is 22.0 Å². The van der Waals surface area contributed by atoms with Crippen LogP contribution in [0, 0.1) is 11.8 Å². The van der Waals surface area contributed by atoms with Gasteiger partial charge in [-0.05, 0) is 42.9 Å². The number of hydrogen-bond donors (Lipinski definition) is 1. The van der Waals surface area contributed by atoms with Crippen molar-refractivity contribution in [1.29, 1.82) is 0 Å². The zero-order valence-electron chi connectivity index (χ0n) is 9.23. The summed E-state index contributed by atoms with van der Waals surface area (Å²) in [6.45, 7) is 0. The maximum absolute atomic E-state index is 11.3. The molecule has 0 amide bonds. The fourth-order valence-corrected chi connectivity index (χ4v) is 2.81. The number of halogens is 1. The largest absolute Gasteiger partial charge is 0.489 e. The van der Waals surface area contributed by atoms with Crippen molar-refractivity contribution in [2.45, 2.75) is 25.4 Å². The van der Waals surface area contributed by atoms with E-state index in [1.54, 1.807) is 0 Å². The molecule has 4 heteroatoms. The predicted molar refractivity (Wildman–Crippen MR) is 66.1 cm³/mol. The van der Waals surface area contributed by atoms with Crippen molar-refractivity contribution in [2.75, 3.05) is 0 Å². The van der Waals surface area contributed by atoms with E-state index in [9.17, 15) is 9.90 Å². The topological polar surface area (TPSA) is 46.5 Å². The first-order valence-corrected chi connectivity index (χ1v) is 6.62. The standard InChI is InChI=1S/C13H13BrO3/c14-9-4-3-8-5-10(13(15)16)12(7-1-2-7)17-11(8)6-9/h3-4,6-7,10,12H,1-2,5H2,(H,15,16). The van der Waals surface area contributed by atoms with Crippen molar-refractivity contribution < 1.29 is 14.6 Å². The number of benzene rings is 1. The lowest BCUT2D eigenvalue weighted by Gasteiger charge is -2.31. The van der Waals surface area contributed by atoms with Crippen LogP contribution in [0.4, 0.5) is 0 Å². The number of rotatable bonds is 2. The molecule has 2 atom stereocenters. The highest BCUT2D eigenvalue weighted by Crippen LogP contribution is 2.43. The van der Waals surface area contributed by atoms with Crippen molar-refractivity contribution in [1.82, 2.24) is 0 Å². The molecule has 3 nitrogen and oxygen atoms in total. The van der Waals surface area contributed by atoms with Crippen LogP contribution >= 0.6 is 15.9 Å². The molecule has 0 saturated heterocycles. The minimum atomic E-state index is -0.740. The third-order valence-corrected chi connectivity index (χ3v) is 4.03. The normalized spacial score (nSPS) is 27.1. The minimum Gasteiger partial charge on any atom is -0.489 e. The van der Waals surface area contributed by atoms with Crippen LogP contribution in [-0.4, -0.2) is 17.2 Å². The van der Waals surface area contributed by atoms with Crippen LogP contribution in [0.15, 0.2) is 22.7 Å². The van der Waals surface area contributed by atoms with Gasteiger partial charge in [-0.15, -0.1) is 0 Å². The molecular formula is C13H13BrO3. The smallest absolute Gasteiger partial charge is 0.310 e. The summed E-state index contributed by atoms with van der Waals surface area (Å²) in [4.78, 5) is 11.3. The molecule has 0 bridgehead atoms. The Bertz CT molecular complexity index is 468. The van der Waals surface area contributed by atoms with Gasteiger partial charge in [0.1, 0.15) is 11.9 Å². The molecule has 1 N–H and O–H groups in total. The quantitative estimate of drug-likeness (QED) is 0.913. The molecule has 2 unspecified atom stereocenters. The molecule has 1 aliphatic heterocycles. The Balaban J connectivity index is 1.94. The van der Waals surface area contributed by atoms with Crippen LogP contribution in [0.25, 0.3) is 0 Å². The van der Waals surface area contributed by atoms with Crippen molar-refractivity contribution in [3.63, 3.8) is 0 Å². The van der Waals surface area contributed by atoms with Gasteiger partial charge >= 0.3 is 5.97 Å². The van der Waals surface area contributed by atoms with Gasteiger partial charge in [0.15, 0.2) is 0 Å². The van der Waals surface area contributed by atoms with E-state index in [0.29, 0.717) is 12.3 Å². The Morgan fingerprint density at radius 3 is 2.82 bits per heavy atom. The summed E-state index contributed by atoms with van der Waals surface area (Å²) < 4.78 is 6.87. The molecule has 2 aliphatic rings. The number of carbonyl (C=O) groups is 1. The second-order valence-corrected chi connectivity index (χ2v) is 5.74. The molecular weight excluding hydrogens is 284 g/mol. The van der Waals surface area contributed by atoms with E-state index in [4.69, 9.17) is 4.74 Å². The van der Waals surface area contributed by atoms with E-state index in [1.807, 2.05) is 18.2 Å². The number of ether oxygens (including phenoxy) is 1. The van der Waals surface area contributed by atoms with Gasteiger partial charge in [-0.2, -0.15) is 0 Å². The van der Waals surface area contributed by atoms with Gasteiger partial charge in [-0.3, -0.25) is 4.79 Å². The minimum absolute atomic E-state index is 0.144. The molecule has 0 radical (unpaired) electrons. The lowest BCUT2D eigenvalue weighted by atomic mass is 9.88. The van der Waals surface area contributed by atoms with Crippen molar-refractivity contribution in [3.8, 4) is 5.75 Å².